The summed E-state index contributed by atoms with van der Waals surface area (Å²) in [5.41, 5.74) is 0.638. The molecule has 0 amide bonds. The third kappa shape index (κ3) is 2.79. The molecule has 0 aromatic heterocycles. The van der Waals surface area contributed by atoms with Crippen LogP contribution in [-0.4, -0.2) is 27.3 Å². The third-order valence-electron chi connectivity index (χ3n) is 2.08. The highest BCUT2D eigenvalue weighted by molar-refractivity contribution is 6.30. The Morgan fingerprint density at radius 1 is 1.25 bits per heavy atom. The van der Waals surface area contributed by atoms with Crippen LogP contribution in [0.3, 0.4) is 0 Å². The molecule has 0 heterocycles. The summed E-state index contributed by atoms with van der Waals surface area (Å²) in [5, 5.41) is 0.483. The number of carbonyl (C=O) groups excluding carboxylic acids is 1. The van der Waals surface area contributed by atoms with E-state index < -0.39 is 0 Å². The Morgan fingerprint density at radius 2 is 1.94 bits per heavy atom. The van der Waals surface area contributed by atoms with E-state index in [2.05, 4.69) is 4.74 Å². The van der Waals surface area contributed by atoms with Gasteiger partial charge in [-0.2, -0.15) is 0 Å². The number of ether oxygens (including phenoxy) is 3. The molecule has 0 fully saturated rings. The Kier molecular flexibility index (Phi) is 4.43. The SMILES string of the molecule is COC(=O)Cc1cc(Cl)cc(OC)c1OC. The van der Waals surface area contributed by atoms with Crippen molar-refractivity contribution in [2.75, 3.05) is 21.3 Å². The lowest BCUT2D eigenvalue weighted by molar-refractivity contribution is -0.139. The number of hydrogen-bond donors (Lipinski definition) is 0. The summed E-state index contributed by atoms with van der Waals surface area (Å²) in [5.74, 6) is 0.633. The van der Waals surface area contributed by atoms with Gasteiger partial charge in [-0.1, -0.05) is 11.6 Å². The van der Waals surface area contributed by atoms with Crippen LogP contribution in [0.1, 0.15) is 5.56 Å². The summed E-state index contributed by atoms with van der Waals surface area (Å²) < 4.78 is 14.9. The van der Waals surface area contributed by atoms with Crippen LogP contribution in [0.5, 0.6) is 11.5 Å². The van der Waals surface area contributed by atoms with E-state index in [1.807, 2.05) is 0 Å². The lowest BCUT2D eigenvalue weighted by atomic mass is 10.1. The highest BCUT2D eigenvalue weighted by Gasteiger charge is 2.14. The average molecular weight is 245 g/mol. The highest BCUT2D eigenvalue weighted by Crippen LogP contribution is 2.34. The van der Waals surface area contributed by atoms with Gasteiger partial charge in [0.05, 0.1) is 27.8 Å². The van der Waals surface area contributed by atoms with Crippen LogP contribution in [-0.2, 0) is 16.0 Å². The first kappa shape index (κ1) is 12.6. The minimum atomic E-state index is -0.359. The minimum Gasteiger partial charge on any atom is -0.493 e. The monoisotopic (exact) mass is 244 g/mol. The van der Waals surface area contributed by atoms with Crippen LogP contribution in [0.2, 0.25) is 5.02 Å². The number of rotatable bonds is 4. The quantitative estimate of drug-likeness (QED) is 0.761. The molecule has 0 aliphatic carbocycles. The van der Waals surface area contributed by atoms with Gasteiger partial charge >= 0.3 is 5.97 Å². The Hall–Kier alpha value is -1.42. The predicted molar refractivity (Wildman–Crippen MR) is 60.3 cm³/mol. The molecule has 4 nitrogen and oxygen atoms in total. The molecule has 0 N–H and O–H groups in total. The number of esters is 1. The van der Waals surface area contributed by atoms with E-state index in [0.717, 1.165) is 0 Å². The molecule has 0 saturated heterocycles. The summed E-state index contributed by atoms with van der Waals surface area (Å²) in [6.07, 6.45) is 0.0938. The molecule has 1 rings (SSSR count). The van der Waals surface area contributed by atoms with Gasteiger partial charge in [0.1, 0.15) is 0 Å². The van der Waals surface area contributed by atoms with Crippen molar-refractivity contribution in [3.05, 3.63) is 22.7 Å². The molecule has 1 aromatic carbocycles. The smallest absolute Gasteiger partial charge is 0.310 e. The molecule has 88 valence electrons. The molecule has 0 spiro atoms. The molecule has 5 heteroatoms. The van der Waals surface area contributed by atoms with Crippen LogP contribution in [0, 0.1) is 0 Å². The standard InChI is InChI=1S/C11H13ClO4/c1-14-9-6-8(12)4-7(11(9)16-3)5-10(13)15-2/h4,6H,5H2,1-3H3. The second-order valence-electron chi connectivity index (χ2n) is 3.05. The zero-order chi connectivity index (χ0) is 12.1. The minimum absolute atomic E-state index is 0.0938. The van der Waals surface area contributed by atoms with E-state index >= 15 is 0 Å². The van der Waals surface area contributed by atoms with E-state index in [0.29, 0.717) is 22.1 Å². The Labute approximate surface area is 99.1 Å². The van der Waals surface area contributed by atoms with E-state index in [4.69, 9.17) is 21.1 Å². The van der Waals surface area contributed by atoms with Crippen LogP contribution < -0.4 is 9.47 Å². The summed E-state index contributed by atoms with van der Waals surface area (Å²) in [6, 6.07) is 3.28. The van der Waals surface area contributed by atoms with Crippen molar-refractivity contribution in [2.45, 2.75) is 6.42 Å². The molecule has 0 aliphatic heterocycles. The zero-order valence-corrected chi connectivity index (χ0v) is 10.1. The van der Waals surface area contributed by atoms with Gasteiger partial charge in [-0.05, 0) is 6.07 Å². The number of hydrogen-bond acceptors (Lipinski definition) is 4. The Bertz CT molecular complexity index is 390. The first-order valence-corrected chi connectivity index (χ1v) is 4.97. The van der Waals surface area contributed by atoms with Gasteiger partial charge in [0.25, 0.3) is 0 Å². The van der Waals surface area contributed by atoms with Gasteiger partial charge < -0.3 is 14.2 Å². The summed E-state index contributed by atoms with van der Waals surface area (Å²) in [7, 11) is 4.35. The Morgan fingerprint density at radius 3 is 2.44 bits per heavy atom. The molecule has 0 aliphatic rings. The van der Waals surface area contributed by atoms with Gasteiger partial charge in [0, 0.05) is 16.7 Å². The molecular weight excluding hydrogens is 232 g/mol. The lowest BCUT2D eigenvalue weighted by Crippen LogP contribution is -2.06. The molecule has 0 radical (unpaired) electrons. The number of benzene rings is 1. The predicted octanol–water partition coefficient (Wildman–Crippen LogP) is 2.07. The van der Waals surface area contributed by atoms with Crippen molar-refractivity contribution >= 4 is 17.6 Å². The van der Waals surface area contributed by atoms with E-state index in [1.54, 1.807) is 12.1 Å². The van der Waals surface area contributed by atoms with Crippen molar-refractivity contribution in [2.24, 2.45) is 0 Å². The van der Waals surface area contributed by atoms with E-state index in [9.17, 15) is 4.79 Å². The summed E-state index contributed by atoms with van der Waals surface area (Å²) in [6.45, 7) is 0. The second kappa shape index (κ2) is 5.61. The van der Waals surface area contributed by atoms with Crippen LogP contribution >= 0.6 is 11.6 Å². The van der Waals surface area contributed by atoms with Gasteiger partial charge in [0.2, 0.25) is 0 Å². The highest BCUT2D eigenvalue weighted by atomic mass is 35.5. The lowest BCUT2D eigenvalue weighted by Gasteiger charge is -2.12. The normalized spacial score (nSPS) is 9.75. The second-order valence-corrected chi connectivity index (χ2v) is 3.49. The van der Waals surface area contributed by atoms with E-state index in [1.165, 1.54) is 21.3 Å². The third-order valence-corrected chi connectivity index (χ3v) is 2.30. The molecule has 0 unspecified atom stereocenters. The number of methoxy groups -OCH3 is 3. The molecule has 1 aromatic rings. The molecule has 0 atom stereocenters. The largest absolute Gasteiger partial charge is 0.493 e. The van der Waals surface area contributed by atoms with Gasteiger partial charge in [-0.25, -0.2) is 0 Å². The van der Waals surface area contributed by atoms with Crippen LogP contribution in [0.4, 0.5) is 0 Å². The topological polar surface area (TPSA) is 44.8 Å². The number of halogens is 1. The fraction of sp³-hybridized carbons (Fsp3) is 0.364. The zero-order valence-electron chi connectivity index (χ0n) is 9.37. The fourth-order valence-electron chi connectivity index (χ4n) is 1.36. The van der Waals surface area contributed by atoms with Crippen LogP contribution in [0.15, 0.2) is 12.1 Å². The first-order chi connectivity index (χ1) is 7.62. The summed E-state index contributed by atoms with van der Waals surface area (Å²) in [4.78, 5) is 11.2. The molecule has 16 heavy (non-hydrogen) atoms. The molecule has 0 saturated carbocycles. The molecule has 0 bridgehead atoms. The van der Waals surface area contributed by atoms with E-state index in [-0.39, 0.29) is 12.4 Å². The first-order valence-electron chi connectivity index (χ1n) is 4.59. The van der Waals surface area contributed by atoms with Gasteiger partial charge in [-0.3, -0.25) is 4.79 Å². The maximum absolute atomic E-state index is 11.2. The summed E-state index contributed by atoms with van der Waals surface area (Å²) >= 11 is 5.90. The fourth-order valence-corrected chi connectivity index (χ4v) is 1.60. The molecular formula is C11H13ClO4. The van der Waals surface area contributed by atoms with Crippen LogP contribution in [0.25, 0.3) is 0 Å². The van der Waals surface area contributed by atoms with Crippen molar-refractivity contribution in [1.82, 2.24) is 0 Å². The van der Waals surface area contributed by atoms with Crippen molar-refractivity contribution in [3.8, 4) is 11.5 Å². The van der Waals surface area contributed by atoms with Crippen molar-refractivity contribution < 1.29 is 19.0 Å². The Balaban J connectivity index is 3.14. The van der Waals surface area contributed by atoms with Gasteiger partial charge in [0.15, 0.2) is 11.5 Å². The van der Waals surface area contributed by atoms with Crippen molar-refractivity contribution in [3.63, 3.8) is 0 Å². The maximum atomic E-state index is 11.2. The van der Waals surface area contributed by atoms with Crippen molar-refractivity contribution in [1.29, 1.82) is 0 Å². The number of carbonyl (C=O) groups is 1. The van der Waals surface area contributed by atoms with Gasteiger partial charge in [-0.15, -0.1) is 0 Å². The average Bonchev–Trinajstić information content (AvgIpc) is 2.28. The maximum Gasteiger partial charge on any atom is 0.310 e.